The van der Waals surface area contributed by atoms with Crippen LogP contribution in [-0.4, -0.2) is 99.3 Å². The second kappa shape index (κ2) is 12.8. The minimum absolute atomic E-state index is 0.0127. The Bertz CT molecular complexity index is 1950. The average Bonchev–Trinajstić information content (AvgIpc) is 3.35. The normalized spacial score (nSPS) is 33.9. The van der Waals surface area contributed by atoms with Gasteiger partial charge >= 0.3 is 5.97 Å². The summed E-state index contributed by atoms with van der Waals surface area (Å²) in [5.74, 6) is -8.15. The maximum atomic E-state index is 14.7. The summed E-state index contributed by atoms with van der Waals surface area (Å²) in [6, 6.07) is 0. The number of hydrogen-bond acceptors (Lipinski definition) is 13. The van der Waals surface area contributed by atoms with Gasteiger partial charge < -0.3 is 54.7 Å². The molecule has 0 aliphatic carbocycles. The SMILES string of the molecule is COC1/C2=C(\O)C3(C)Oc4c5c(O)c6c(O)c(c(CN(C)C)c(O)c6c4C3=O)NC(=O)/C(C)=C\C=C/CC(O)C(C)C(O5)C(C)C(OC2=O)C1C. The summed E-state index contributed by atoms with van der Waals surface area (Å²) < 4.78 is 24.6. The molecule has 0 spiro atoms. The highest BCUT2D eigenvalue weighted by Crippen LogP contribution is 2.60. The van der Waals surface area contributed by atoms with E-state index in [2.05, 4.69) is 5.32 Å². The number of aliphatic hydroxyl groups excluding tert-OH is 2. The zero-order valence-corrected chi connectivity index (χ0v) is 29.7. The molecule has 8 unspecified atom stereocenters. The van der Waals surface area contributed by atoms with Gasteiger partial charge in [0.25, 0.3) is 5.91 Å². The molecule has 6 N–H and O–H groups in total. The Morgan fingerprint density at radius 1 is 0.941 bits per heavy atom. The van der Waals surface area contributed by atoms with E-state index in [-0.39, 0.29) is 52.1 Å². The van der Waals surface area contributed by atoms with E-state index in [1.165, 1.54) is 20.1 Å². The molecule has 0 aromatic heterocycles. The quantitative estimate of drug-likeness (QED) is 0.152. The number of amides is 1. The van der Waals surface area contributed by atoms with Gasteiger partial charge in [0.1, 0.15) is 23.5 Å². The Labute approximate surface area is 294 Å². The average molecular weight is 709 g/mol. The van der Waals surface area contributed by atoms with Gasteiger partial charge in [0.2, 0.25) is 17.1 Å². The van der Waals surface area contributed by atoms with Gasteiger partial charge in [-0.1, -0.05) is 39.0 Å². The van der Waals surface area contributed by atoms with Crippen LogP contribution in [0.15, 0.2) is 35.1 Å². The number of phenols is 3. The van der Waals surface area contributed by atoms with Crippen LogP contribution in [-0.2, 0) is 25.6 Å². The van der Waals surface area contributed by atoms with Crippen LogP contribution in [0.4, 0.5) is 5.69 Å². The third-order valence-corrected chi connectivity index (χ3v) is 10.7. The fraction of sp³-hybridized carbons (Fsp3) is 0.486. The Hall–Kier alpha value is -4.79. The van der Waals surface area contributed by atoms with Crippen LogP contribution in [0, 0.1) is 17.8 Å². The first-order chi connectivity index (χ1) is 24.0. The molecule has 2 aromatic carbocycles. The Kier molecular flexibility index (Phi) is 9.01. The van der Waals surface area contributed by atoms with Crippen LogP contribution in [0.25, 0.3) is 10.8 Å². The van der Waals surface area contributed by atoms with Gasteiger partial charge in [-0.3, -0.25) is 9.59 Å². The van der Waals surface area contributed by atoms with Gasteiger partial charge in [0.05, 0.1) is 28.8 Å². The number of ketones is 1. The first-order valence-electron chi connectivity index (χ1n) is 16.8. The molecule has 14 heteroatoms. The Morgan fingerprint density at radius 2 is 1.61 bits per heavy atom. The number of methoxy groups -OCH3 is 1. The summed E-state index contributed by atoms with van der Waals surface area (Å²) in [5.41, 5.74) is -3.00. The van der Waals surface area contributed by atoms with Crippen molar-refractivity contribution in [2.75, 3.05) is 26.5 Å². The molecule has 1 amide bonds. The first kappa shape index (κ1) is 36.0. The number of rotatable bonds is 3. The van der Waals surface area contributed by atoms with E-state index in [9.17, 15) is 39.9 Å². The van der Waals surface area contributed by atoms with Gasteiger partial charge in [0.15, 0.2) is 23.0 Å². The van der Waals surface area contributed by atoms with Crippen LogP contribution in [0.5, 0.6) is 28.7 Å². The molecule has 0 saturated carbocycles. The van der Waals surface area contributed by atoms with Crippen molar-refractivity contribution in [2.24, 2.45) is 17.8 Å². The van der Waals surface area contributed by atoms with Crippen molar-refractivity contribution in [1.82, 2.24) is 4.90 Å². The molecule has 7 rings (SSSR count). The van der Waals surface area contributed by atoms with E-state index in [4.69, 9.17) is 18.9 Å². The Morgan fingerprint density at radius 3 is 2.25 bits per heavy atom. The third kappa shape index (κ3) is 5.38. The lowest BCUT2D eigenvalue weighted by Gasteiger charge is -2.44. The molecule has 274 valence electrons. The third-order valence-electron chi connectivity index (χ3n) is 10.7. The number of nitrogens with zero attached hydrogens (tertiary/aromatic N) is 1. The summed E-state index contributed by atoms with van der Waals surface area (Å²) in [6.45, 7) is 7.94. The van der Waals surface area contributed by atoms with Crippen molar-refractivity contribution in [3.63, 3.8) is 0 Å². The summed E-state index contributed by atoms with van der Waals surface area (Å²) in [5, 5.41) is 61.2. The predicted molar refractivity (Wildman–Crippen MR) is 184 cm³/mol. The van der Waals surface area contributed by atoms with E-state index in [1.54, 1.807) is 58.8 Å². The molecule has 5 aliphatic rings. The van der Waals surface area contributed by atoms with Crippen LogP contribution in [0.1, 0.15) is 57.0 Å². The van der Waals surface area contributed by atoms with Crippen molar-refractivity contribution in [3.8, 4) is 28.7 Å². The van der Waals surface area contributed by atoms with E-state index >= 15 is 0 Å². The maximum Gasteiger partial charge on any atom is 0.340 e. The smallest absolute Gasteiger partial charge is 0.340 e. The van der Waals surface area contributed by atoms with Crippen molar-refractivity contribution >= 4 is 34.1 Å². The highest BCUT2D eigenvalue weighted by atomic mass is 16.6. The van der Waals surface area contributed by atoms with Gasteiger partial charge in [-0.05, 0) is 34.4 Å². The zero-order valence-electron chi connectivity index (χ0n) is 29.7. The van der Waals surface area contributed by atoms with Crippen LogP contribution < -0.4 is 14.8 Å². The number of phenolic OH excluding ortho intramolecular Hbond substituents is 3. The van der Waals surface area contributed by atoms with E-state index < -0.39 is 99.6 Å². The number of Topliss-reactive ketones (excluding diaryl/α,β-unsaturated/α-hetero) is 1. The summed E-state index contributed by atoms with van der Waals surface area (Å²) in [6.07, 6.45) is 0.864. The fourth-order valence-electron chi connectivity index (χ4n) is 7.79. The summed E-state index contributed by atoms with van der Waals surface area (Å²) in [4.78, 5) is 43.5. The molecule has 8 atom stereocenters. The van der Waals surface area contributed by atoms with Crippen LogP contribution in [0.3, 0.4) is 0 Å². The molecule has 2 aromatic rings. The number of benzene rings is 2. The molecule has 8 bridgehead atoms. The number of fused-ring (bicyclic) bond motifs is 4. The number of carbonyl (C=O) groups excluding carboxylic acids is 3. The molecule has 0 radical (unpaired) electrons. The lowest BCUT2D eigenvalue weighted by Crippen LogP contribution is -2.54. The Balaban J connectivity index is 1.79. The molecule has 51 heavy (non-hydrogen) atoms. The molecule has 5 heterocycles. The largest absolute Gasteiger partial charge is 0.507 e. The van der Waals surface area contributed by atoms with Crippen molar-refractivity contribution in [2.45, 2.75) is 77.6 Å². The highest BCUT2D eigenvalue weighted by Gasteiger charge is 2.57. The minimum atomic E-state index is -2.33. The summed E-state index contributed by atoms with van der Waals surface area (Å²) in [7, 11) is 4.74. The standard InChI is InChI=1S/C37H44N2O12/c1-14-11-9-10-12-19(40)15(2)28-16(3)29-17(4)30(48-8)23(36(47)50-29)34(45)37(5)33(44)22-20-21(27(43)32(49-28)31(22)51-37)26(42)24(38-35(14)46)18(25(20)41)13-39(6)7/h9-11,15-17,19,28-30,40-43,45H,12-13H2,1-8H3,(H,38,46)/b10-9-,14-11-,34-23+. The zero-order chi connectivity index (χ0) is 37.4. The molecule has 5 aliphatic heterocycles. The summed E-state index contributed by atoms with van der Waals surface area (Å²) >= 11 is 0. The number of aromatic hydroxyl groups is 3. The van der Waals surface area contributed by atoms with E-state index in [0.29, 0.717) is 0 Å². The molecule has 1 fully saturated rings. The van der Waals surface area contributed by atoms with E-state index in [1.807, 2.05) is 0 Å². The number of carbonyl (C=O) groups is 3. The lowest BCUT2D eigenvalue weighted by molar-refractivity contribution is -0.170. The van der Waals surface area contributed by atoms with E-state index in [0.717, 1.165) is 0 Å². The second-order valence-electron chi connectivity index (χ2n) is 14.4. The van der Waals surface area contributed by atoms with Gasteiger partial charge in [-0.15, -0.1) is 0 Å². The molecular formula is C37H44N2O12. The van der Waals surface area contributed by atoms with Crippen LogP contribution >= 0.6 is 0 Å². The molecule has 1 saturated heterocycles. The number of hydrogen-bond donors (Lipinski definition) is 6. The number of ether oxygens (including phenoxy) is 4. The van der Waals surface area contributed by atoms with Gasteiger partial charge in [-0.2, -0.15) is 0 Å². The highest BCUT2D eigenvalue weighted by molar-refractivity contribution is 6.24. The minimum Gasteiger partial charge on any atom is -0.507 e. The topological polar surface area (TPSA) is 205 Å². The van der Waals surface area contributed by atoms with Crippen molar-refractivity contribution in [1.29, 1.82) is 0 Å². The fourth-order valence-corrected chi connectivity index (χ4v) is 7.79. The number of esters is 1. The van der Waals surface area contributed by atoms with Gasteiger partial charge in [-0.25, -0.2) is 4.79 Å². The first-order valence-corrected chi connectivity index (χ1v) is 16.8. The predicted octanol–water partition coefficient (Wildman–Crippen LogP) is 3.98. The number of allylic oxidation sites excluding steroid dienone is 2. The number of nitrogens with one attached hydrogen (secondary N) is 1. The number of anilines is 1. The van der Waals surface area contributed by atoms with Gasteiger partial charge in [0, 0.05) is 47.9 Å². The molecular weight excluding hydrogens is 664 g/mol. The van der Waals surface area contributed by atoms with Crippen molar-refractivity contribution in [3.05, 3.63) is 46.3 Å². The van der Waals surface area contributed by atoms with Crippen molar-refractivity contribution < 1.29 is 58.9 Å². The number of aliphatic hydroxyl groups is 2. The second-order valence-corrected chi connectivity index (χ2v) is 14.4. The van der Waals surface area contributed by atoms with Crippen LogP contribution in [0.2, 0.25) is 0 Å². The molecule has 14 nitrogen and oxygen atoms in total. The monoisotopic (exact) mass is 708 g/mol. The lowest BCUT2D eigenvalue weighted by atomic mass is 9.76. The maximum absolute atomic E-state index is 14.7.